The molecule has 4 aromatic rings. The molecular formula is C25H23N3O2S. The van der Waals surface area contributed by atoms with Crippen LogP contribution >= 0.6 is 12.2 Å². The number of hydrogen-bond acceptors (Lipinski definition) is 4. The van der Waals surface area contributed by atoms with Gasteiger partial charge in [0.2, 0.25) is 5.89 Å². The number of aryl methyl sites for hydroxylation is 4. The fraction of sp³-hybridized carbons (Fsp3) is 0.160. The minimum Gasteiger partial charge on any atom is -0.436 e. The molecule has 0 fully saturated rings. The van der Waals surface area contributed by atoms with Crippen molar-refractivity contribution in [1.29, 1.82) is 0 Å². The first kappa shape index (κ1) is 20.8. The highest BCUT2D eigenvalue weighted by Crippen LogP contribution is 2.27. The number of carbonyl (C=O) groups excluding carboxylic acids is 1. The van der Waals surface area contributed by atoms with Crippen molar-refractivity contribution in [2.24, 2.45) is 0 Å². The monoisotopic (exact) mass is 429 g/mol. The summed E-state index contributed by atoms with van der Waals surface area (Å²) in [5.74, 6) is 0.291. The standard InChI is InChI=1S/C25H23N3O2S/c1-14-8-15(2)10-19(9-14)23(29)28-25(31)26-20-7-5-6-18(13-20)24-27-21-11-16(3)17(4)12-22(21)30-24/h5-13H,1-4H3,(H2,26,28,29,31). The predicted molar refractivity (Wildman–Crippen MR) is 129 cm³/mol. The zero-order valence-corrected chi connectivity index (χ0v) is 18.7. The zero-order chi connectivity index (χ0) is 22.1. The van der Waals surface area contributed by atoms with Crippen LogP contribution in [-0.4, -0.2) is 16.0 Å². The van der Waals surface area contributed by atoms with Crippen LogP contribution < -0.4 is 10.6 Å². The lowest BCUT2D eigenvalue weighted by Gasteiger charge is -2.11. The van der Waals surface area contributed by atoms with Gasteiger partial charge >= 0.3 is 0 Å². The summed E-state index contributed by atoms with van der Waals surface area (Å²) in [6.07, 6.45) is 0. The van der Waals surface area contributed by atoms with E-state index in [0.717, 1.165) is 39.0 Å². The molecule has 31 heavy (non-hydrogen) atoms. The number of thiocarbonyl (C=S) groups is 1. The first-order valence-corrected chi connectivity index (χ1v) is 10.4. The van der Waals surface area contributed by atoms with Crippen LogP contribution in [0.25, 0.3) is 22.6 Å². The Morgan fingerprint density at radius 2 is 1.65 bits per heavy atom. The van der Waals surface area contributed by atoms with Crippen LogP contribution in [-0.2, 0) is 0 Å². The molecule has 2 N–H and O–H groups in total. The second-order valence-electron chi connectivity index (χ2n) is 7.79. The summed E-state index contributed by atoms with van der Waals surface area (Å²) < 4.78 is 5.95. The third-order valence-corrected chi connectivity index (χ3v) is 5.29. The Bertz CT molecular complexity index is 1260. The number of oxazole rings is 1. The van der Waals surface area contributed by atoms with Crippen molar-refractivity contribution in [2.75, 3.05) is 5.32 Å². The topological polar surface area (TPSA) is 67.2 Å². The summed E-state index contributed by atoms with van der Waals surface area (Å²) in [5, 5.41) is 6.03. The summed E-state index contributed by atoms with van der Waals surface area (Å²) in [6, 6.07) is 17.3. The van der Waals surface area contributed by atoms with Gasteiger partial charge in [-0.3, -0.25) is 10.1 Å². The van der Waals surface area contributed by atoms with Crippen molar-refractivity contribution in [1.82, 2.24) is 10.3 Å². The van der Waals surface area contributed by atoms with Gasteiger partial charge in [-0.15, -0.1) is 0 Å². The van der Waals surface area contributed by atoms with Crippen LogP contribution in [0.15, 0.2) is 59.0 Å². The quantitative estimate of drug-likeness (QED) is 0.400. The van der Waals surface area contributed by atoms with Crippen molar-refractivity contribution < 1.29 is 9.21 Å². The van der Waals surface area contributed by atoms with E-state index in [9.17, 15) is 4.79 Å². The molecule has 156 valence electrons. The number of amides is 1. The first-order chi connectivity index (χ1) is 14.8. The van der Waals surface area contributed by atoms with E-state index in [1.165, 1.54) is 5.56 Å². The third-order valence-electron chi connectivity index (χ3n) is 5.08. The van der Waals surface area contributed by atoms with Crippen LogP contribution in [0, 0.1) is 27.7 Å². The Balaban J connectivity index is 1.50. The van der Waals surface area contributed by atoms with Gasteiger partial charge in [-0.25, -0.2) is 4.98 Å². The van der Waals surface area contributed by atoms with Gasteiger partial charge in [-0.05, 0) is 93.5 Å². The van der Waals surface area contributed by atoms with Gasteiger partial charge in [0.1, 0.15) is 5.52 Å². The second kappa shape index (κ2) is 8.32. The second-order valence-corrected chi connectivity index (χ2v) is 8.20. The molecule has 1 aromatic heterocycles. The molecule has 3 aromatic carbocycles. The molecule has 5 nitrogen and oxygen atoms in total. The maximum atomic E-state index is 12.5. The fourth-order valence-corrected chi connectivity index (χ4v) is 3.69. The first-order valence-electron chi connectivity index (χ1n) is 9.97. The summed E-state index contributed by atoms with van der Waals surface area (Å²) in [4.78, 5) is 17.1. The van der Waals surface area contributed by atoms with Crippen molar-refractivity contribution >= 4 is 40.0 Å². The summed E-state index contributed by atoms with van der Waals surface area (Å²) >= 11 is 5.34. The number of nitrogens with one attached hydrogen (secondary N) is 2. The van der Waals surface area contributed by atoms with E-state index in [2.05, 4.69) is 29.5 Å². The molecule has 0 radical (unpaired) electrons. The Morgan fingerprint density at radius 3 is 2.39 bits per heavy atom. The molecule has 1 amide bonds. The predicted octanol–water partition coefficient (Wildman–Crippen LogP) is 5.86. The summed E-state index contributed by atoms with van der Waals surface area (Å²) in [6.45, 7) is 8.02. The number of anilines is 1. The highest BCUT2D eigenvalue weighted by Gasteiger charge is 2.12. The van der Waals surface area contributed by atoms with Crippen LogP contribution in [0.5, 0.6) is 0 Å². The highest BCUT2D eigenvalue weighted by molar-refractivity contribution is 7.80. The van der Waals surface area contributed by atoms with E-state index < -0.39 is 0 Å². The lowest BCUT2D eigenvalue weighted by molar-refractivity contribution is 0.0977. The summed E-state index contributed by atoms with van der Waals surface area (Å²) in [7, 11) is 0. The van der Waals surface area contributed by atoms with Gasteiger partial charge in [-0.2, -0.15) is 0 Å². The Hall–Kier alpha value is -3.51. The van der Waals surface area contributed by atoms with Crippen LogP contribution in [0.1, 0.15) is 32.6 Å². The van der Waals surface area contributed by atoms with Crippen molar-refractivity contribution in [3.05, 3.63) is 82.4 Å². The van der Waals surface area contributed by atoms with Crippen LogP contribution in [0.3, 0.4) is 0 Å². The average molecular weight is 430 g/mol. The van der Waals surface area contributed by atoms with E-state index in [0.29, 0.717) is 11.5 Å². The number of hydrogen-bond donors (Lipinski definition) is 2. The smallest absolute Gasteiger partial charge is 0.257 e. The molecule has 0 saturated carbocycles. The molecule has 1 heterocycles. The van der Waals surface area contributed by atoms with E-state index in [1.54, 1.807) is 0 Å². The number of nitrogens with zero attached hydrogens (tertiary/aromatic N) is 1. The largest absolute Gasteiger partial charge is 0.436 e. The number of rotatable bonds is 3. The zero-order valence-electron chi connectivity index (χ0n) is 17.9. The fourth-order valence-electron chi connectivity index (χ4n) is 3.48. The molecule has 0 spiro atoms. The van der Waals surface area contributed by atoms with Crippen LogP contribution in [0.4, 0.5) is 5.69 Å². The maximum absolute atomic E-state index is 12.5. The van der Waals surface area contributed by atoms with E-state index >= 15 is 0 Å². The average Bonchev–Trinajstić information content (AvgIpc) is 3.10. The van der Waals surface area contributed by atoms with Gasteiger partial charge < -0.3 is 9.73 Å². The number of carbonyl (C=O) groups is 1. The van der Waals surface area contributed by atoms with Gasteiger partial charge in [0.05, 0.1) is 0 Å². The molecular weight excluding hydrogens is 406 g/mol. The lowest BCUT2D eigenvalue weighted by atomic mass is 10.1. The van der Waals surface area contributed by atoms with Gasteiger partial charge in [0, 0.05) is 16.8 Å². The van der Waals surface area contributed by atoms with Gasteiger partial charge in [-0.1, -0.05) is 23.3 Å². The Labute approximate surface area is 186 Å². The van der Waals surface area contributed by atoms with E-state index in [1.807, 2.05) is 68.4 Å². The Kier molecular flexibility index (Phi) is 5.57. The van der Waals surface area contributed by atoms with Crippen molar-refractivity contribution in [3.8, 4) is 11.5 Å². The van der Waals surface area contributed by atoms with E-state index in [4.69, 9.17) is 16.6 Å². The van der Waals surface area contributed by atoms with Gasteiger partial charge in [0.15, 0.2) is 10.7 Å². The number of benzene rings is 3. The summed E-state index contributed by atoms with van der Waals surface area (Å²) in [5.41, 5.74) is 8.11. The molecule has 0 aliphatic carbocycles. The molecule has 0 atom stereocenters. The van der Waals surface area contributed by atoms with Crippen molar-refractivity contribution in [2.45, 2.75) is 27.7 Å². The molecule has 4 rings (SSSR count). The normalized spacial score (nSPS) is 10.8. The number of fused-ring (bicyclic) bond motifs is 1. The third kappa shape index (κ3) is 4.64. The van der Waals surface area contributed by atoms with E-state index in [-0.39, 0.29) is 11.0 Å². The number of aromatic nitrogens is 1. The lowest BCUT2D eigenvalue weighted by Crippen LogP contribution is -2.34. The molecule has 0 unspecified atom stereocenters. The van der Waals surface area contributed by atoms with Crippen LogP contribution in [0.2, 0.25) is 0 Å². The minimum absolute atomic E-state index is 0.227. The molecule has 0 bridgehead atoms. The van der Waals surface area contributed by atoms with Crippen molar-refractivity contribution in [3.63, 3.8) is 0 Å². The maximum Gasteiger partial charge on any atom is 0.257 e. The molecule has 0 aliphatic heterocycles. The Morgan fingerprint density at radius 1 is 0.935 bits per heavy atom. The molecule has 6 heteroatoms. The SMILES string of the molecule is Cc1cc(C)cc(C(=O)NC(=S)Nc2cccc(-c3nc4cc(C)c(C)cc4o3)c2)c1. The van der Waals surface area contributed by atoms with Gasteiger partial charge in [0.25, 0.3) is 5.91 Å². The molecule has 0 aliphatic rings. The minimum atomic E-state index is -0.245. The highest BCUT2D eigenvalue weighted by atomic mass is 32.1. The molecule has 0 saturated heterocycles.